The number of likely N-dealkylation sites (N-methyl/N-ethyl adjacent to an activating group) is 1. The molecule has 47 heavy (non-hydrogen) atoms. The number of nitrogens with one attached hydrogen (secondary N) is 4. The summed E-state index contributed by atoms with van der Waals surface area (Å²) in [5.41, 5.74) is -0.499. The molecule has 0 spiro atoms. The largest absolute Gasteiger partial charge is 0.346 e. The molecule has 4 N–H and O–H groups in total. The minimum Gasteiger partial charge on any atom is -0.346 e. The van der Waals surface area contributed by atoms with Gasteiger partial charge in [0.1, 0.15) is 12.1 Å². The first-order valence-electron chi connectivity index (χ1n) is 16.9. The Morgan fingerprint density at radius 2 is 1.64 bits per heavy atom. The van der Waals surface area contributed by atoms with Crippen LogP contribution in [0, 0.1) is 17.3 Å². The van der Waals surface area contributed by atoms with Crippen LogP contribution >= 0.6 is 0 Å². The minimum absolute atomic E-state index is 0.0459. The molecule has 5 amide bonds. The zero-order valence-electron chi connectivity index (χ0n) is 29.4. The van der Waals surface area contributed by atoms with Crippen molar-refractivity contribution in [2.24, 2.45) is 17.3 Å². The summed E-state index contributed by atoms with van der Waals surface area (Å²) in [5, 5.41) is 11.1. The maximum absolute atomic E-state index is 14.2. The van der Waals surface area contributed by atoms with E-state index in [4.69, 9.17) is 0 Å². The molecule has 2 saturated heterocycles. The van der Waals surface area contributed by atoms with E-state index in [0.29, 0.717) is 38.6 Å². The van der Waals surface area contributed by atoms with Crippen LogP contribution in [0.3, 0.4) is 0 Å². The summed E-state index contributed by atoms with van der Waals surface area (Å²) < 4.78 is 25.4. The van der Waals surface area contributed by atoms with Gasteiger partial charge in [0.15, 0.2) is 0 Å². The zero-order valence-corrected chi connectivity index (χ0v) is 30.2. The number of urea groups is 1. The van der Waals surface area contributed by atoms with E-state index in [1.807, 2.05) is 34.6 Å². The molecule has 0 unspecified atom stereocenters. The molecule has 0 saturated carbocycles. The van der Waals surface area contributed by atoms with Gasteiger partial charge in [-0.2, -0.15) is 0 Å². The summed E-state index contributed by atoms with van der Waals surface area (Å²) in [5.74, 6) is -2.53. The Hall–Kier alpha value is -3.00. The molecule has 2 aliphatic rings. The molecular weight excluding hydrogens is 624 g/mol. The van der Waals surface area contributed by atoms with Gasteiger partial charge in [-0.25, -0.2) is 17.5 Å². The van der Waals surface area contributed by atoms with E-state index in [2.05, 4.69) is 27.8 Å². The number of ketones is 1. The lowest BCUT2D eigenvalue weighted by Crippen LogP contribution is -2.60. The molecule has 2 aliphatic heterocycles. The smallest absolute Gasteiger partial charge is 0.315 e. The number of carbonyl (C=O) groups excluding carboxylic acids is 5. The normalized spacial score (nSPS) is 24.4. The maximum Gasteiger partial charge on any atom is 0.315 e. The van der Waals surface area contributed by atoms with E-state index in [1.165, 1.54) is 22.3 Å². The highest BCUT2D eigenvalue weighted by Crippen LogP contribution is 2.32. The molecule has 0 aromatic heterocycles. The van der Waals surface area contributed by atoms with Gasteiger partial charge >= 0.3 is 6.03 Å². The van der Waals surface area contributed by atoms with Crippen molar-refractivity contribution in [1.82, 2.24) is 30.5 Å². The standard InChI is InChI=1S/C33H58N6O7S/c1-9-19-34-30(42)28(40)24-16-14-12-10-11-13-15-17-25(31(43)39-20-18-23(22(2)3)27(39)29(41)35-24)36-32(44)37-26(33(4,5)6)21-38(7)47(8,45)46/h9,22-27H,1,10-21H2,2-8H3,(H,34,42)(H,35,41)(H2,36,37,44)/t23-,24+,25+,26-,27+/m1/s1. The Balaban J connectivity index is 2.38. The van der Waals surface area contributed by atoms with Gasteiger partial charge in [-0.05, 0) is 36.5 Å². The van der Waals surface area contributed by atoms with Crippen molar-refractivity contribution in [2.75, 3.05) is 32.9 Å². The summed E-state index contributed by atoms with van der Waals surface area (Å²) in [6.45, 7) is 13.7. The van der Waals surface area contributed by atoms with Crippen LogP contribution in [-0.4, -0.2) is 104 Å². The predicted octanol–water partition coefficient (Wildman–Crippen LogP) is 2.32. The molecule has 14 heteroatoms. The maximum atomic E-state index is 14.2. The number of carbonyl (C=O) groups is 5. The quantitative estimate of drug-likeness (QED) is 0.202. The topological polar surface area (TPSA) is 174 Å². The summed E-state index contributed by atoms with van der Waals surface area (Å²) in [6.07, 6.45) is 8.59. The van der Waals surface area contributed by atoms with E-state index in [0.717, 1.165) is 31.9 Å². The van der Waals surface area contributed by atoms with Crippen LogP contribution in [-0.2, 0) is 29.2 Å². The molecule has 268 valence electrons. The van der Waals surface area contributed by atoms with Crippen molar-refractivity contribution in [2.45, 2.75) is 117 Å². The first-order chi connectivity index (χ1) is 21.9. The molecule has 0 aromatic rings. The van der Waals surface area contributed by atoms with Gasteiger partial charge in [-0.1, -0.05) is 79.2 Å². The Morgan fingerprint density at radius 1 is 1.04 bits per heavy atom. The van der Waals surface area contributed by atoms with Gasteiger partial charge in [-0.15, -0.1) is 6.58 Å². The number of fused-ring (bicyclic) bond motifs is 1. The van der Waals surface area contributed by atoms with Crippen LogP contribution < -0.4 is 21.3 Å². The van der Waals surface area contributed by atoms with Crippen LogP contribution in [0.4, 0.5) is 4.79 Å². The average Bonchev–Trinajstić information content (AvgIpc) is 3.43. The van der Waals surface area contributed by atoms with Crippen molar-refractivity contribution in [1.29, 1.82) is 0 Å². The Bertz CT molecular complexity index is 1230. The lowest BCUT2D eigenvalue weighted by Gasteiger charge is -2.35. The second-order valence-corrected chi connectivity index (χ2v) is 16.5. The van der Waals surface area contributed by atoms with E-state index in [9.17, 15) is 32.4 Å². The molecule has 2 heterocycles. The Morgan fingerprint density at radius 3 is 2.19 bits per heavy atom. The van der Waals surface area contributed by atoms with Crippen molar-refractivity contribution < 1.29 is 32.4 Å². The number of Topliss-reactive ketones (excluding diaryl/α,β-unsaturated/α-hetero) is 1. The molecule has 2 fully saturated rings. The van der Waals surface area contributed by atoms with Gasteiger partial charge in [0.25, 0.3) is 5.91 Å². The number of hydrogen-bond acceptors (Lipinski definition) is 7. The molecule has 0 radical (unpaired) electrons. The second kappa shape index (κ2) is 18.0. The highest BCUT2D eigenvalue weighted by molar-refractivity contribution is 7.88. The van der Waals surface area contributed by atoms with Crippen molar-refractivity contribution in [3.63, 3.8) is 0 Å². The number of nitrogens with zero attached hydrogens (tertiary/aromatic N) is 2. The molecule has 2 rings (SSSR count). The fourth-order valence-electron chi connectivity index (χ4n) is 6.18. The molecule has 5 atom stereocenters. The Kier molecular flexibility index (Phi) is 15.3. The molecular formula is C33H58N6O7S. The Labute approximate surface area is 281 Å². The highest BCUT2D eigenvalue weighted by atomic mass is 32.2. The second-order valence-electron chi connectivity index (χ2n) is 14.4. The van der Waals surface area contributed by atoms with Gasteiger partial charge in [0, 0.05) is 32.7 Å². The van der Waals surface area contributed by atoms with E-state index < -0.39 is 63.2 Å². The van der Waals surface area contributed by atoms with E-state index in [1.54, 1.807) is 0 Å². The third-order valence-corrected chi connectivity index (χ3v) is 10.6. The number of rotatable bonds is 10. The van der Waals surface area contributed by atoms with Gasteiger partial charge in [0.05, 0.1) is 12.3 Å². The molecule has 0 bridgehead atoms. The first kappa shape index (κ1) is 40.2. The van der Waals surface area contributed by atoms with Crippen LogP contribution in [0.5, 0.6) is 0 Å². The molecule has 0 aliphatic carbocycles. The third-order valence-electron chi connectivity index (χ3n) is 9.31. The van der Waals surface area contributed by atoms with Crippen molar-refractivity contribution in [3.8, 4) is 0 Å². The monoisotopic (exact) mass is 682 g/mol. The summed E-state index contributed by atoms with van der Waals surface area (Å²) in [6, 6.07) is -3.98. The van der Waals surface area contributed by atoms with Crippen LogP contribution in [0.2, 0.25) is 0 Å². The minimum atomic E-state index is -3.49. The highest BCUT2D eigenvalue weighted by Gasteiger charge is 2.46. The predicted molar refractivity (Wildman–Crippen MR) is 182 cm³/mol. The number of sulfonamides is 1. The fourth-order valence-corrected chi connectivity index (χ4v) is 6.60. The molecule has 13 nitrogen and oxygen atoms in total. The van der Waals surface area contributed by atoms with Crippen LogP contribution in [0.1, 0.15) is 92.4 Å². The van der Waals surface area contributed by atoms with Crippen LogP contribution in [0.15, 0.2) is 12.7 Å². The summed E-state index contributed by atoms with van der Waals surface area (Å²) >= 11 is 0. The number of hydrogen-bond donors (Lipinski definition) is 4. The van der Waals surface area contributed by atoms with Gasteiger partial charge in [-0.3, -0.25) is 19.2 Å². The summed E-state index contributed by atoms with van der Waals surface area (Å²) in [4.78, 5) is 68.8. The van der Waals surface area contributed by atoms with Crippen molar-refractivity contribution >= 4 is 39.6 Å². The van der Waals surface area contributed by atoms with Gasteiger partial charge < -0.3 is 26.2 Å². The SMILES string of the molecule is C=CCNC(=O)C(=O)[C@@H]1CCCCCCCC[C@H](NC(=O)N[C@H](CN(C)S(C)(=O)=O)C(C)(C)C)C(=O)N2CC[C@H](C(C)C)[C@H]2C(=O)N1. The van der Waals surface area contributed by atoms with Crippen LogP contribution in [0.25, 0.3) is 0 Å². The lowest BCUT2D eigenvalue weighted by atomic mass is 9.86. The third kappa shape index (κ3) is 12.2. The van der Waals surface area contributed by atoms with E-state index in [-0.39, 0.29) is 30.8 Å². The lowest BCUT2D eigenvalue weighted by molar-refractivity contribution is -0.143. The summed E-state index contributed by atoms with van der Waals surface area (Å²) in [7, 11) is -2.04. The number of amides is 5. The zero-order chi connectivity index (χ0) is 35.5. The van der Waals surface area contributed by atoms with Gasteiger partial charge in [0.2, 0.25) is 27.6 Å². The average molecular weight is 683 g/mol. The van der Waals surface area contributed by atoms with E-state index >= 15 is 0 Å². The first-order valence-corrected chi connectivity index (χ1v) is 18.7. The van der Waals surface area contributed by atoms with Crippen molar-refractivity contribution in [3.05, 3.63) is 12.7 Å². The fraction of sp³-hybridized carbons (Fsp3) is 0.788. The molecule has 0 aromatic carbocycles.